The highest BCUT2D eigenvalue weighted by atomic mass is 16.6. The van der Waals surface area contributed by atoms with Crippen molar-refractivity contribution >= 4 is 11.7 Å². The fraction of sp³-hybridized carbons (Fsp3) is 0.677. The Bertz CT molecular complexity index is 1110. The van der Waals surface area contributed by atoms with Crippen LogP contribution in [-0.2, 0) is 4.84 Å². The lowest BCUT2D eigenvalue weighted by molar-refractivity contribution is -0.226. The van der Waals surface area contributed by atoms with Crippen molar-refractivity contribution in [3.05, 3.63) is 35.4 Å². The van der Waals surface area contributed by atoms with Gasteiger partial charge in [-0.2, -0.15) is 0 Å². The first-order chi connectivity index (χ1) is 19.8. The number of phenols is 1. The molecule has 2 aliphatic carbocycles. The number of ether oxygens (including phenoxy) is 1. The molecule has 10 nitrogen and oxygen atoms in total. The predicted molar refractivity (Wildman–Crippen MR) is 156 cm³/mol. The highest BCUT2D eigenvalue weighted by Gasteiger charge is 2.63. The van der Waals surface area contributed by atoms with Gasteiger partial charge in [0.15, 0.2) is 0 Å². The minimum absolute atomic E-state index is 0.0660. The van der Waals surface area contributed by atoms with Crippen molar-refractivity contribution in [1.29, 1.82) is 0 Å². The summed E-state index contributed by atoms with van der Waals surface area (Å²) in [4.78, 5) is 20.3. The molecule has 3 aliphatic rings. The van der Waals surface area contributed by atoms with E-state index in [-0.39, 0.29) is 49.2 Å². The van der Waals surface area contributed by atoms with E-state index in [0.29, 0.717) is 37.5 Å². The number of rotatable bonds is 13. The number of carbonyl (C=O) groups excluding carboxylic acids is 1. The minimum atomic E-state index is -1.75. The molecule has 1 saturated carbocycles. The average molecular weight is 574 g/mol. The van der Waals surface area contributed by atoms with Crippen LogP contribution in [-0.4, -0.2) is 82.3 Å². The number of unbranched alkanes of at least 4 members (excludes halogenated alkanes) is 2. The van der Waals surface area contributed by atoms with Crippen LogP contribution >= 0.6 is 0 Å². The number of hydrogen-bond acceptors (Lipinski definition) is 8. The van der Waals surface area contributed by atoms with Crippen molar-refractivity contribution in [2.45, 2.75) is 83.0 Å². The number of urea groups is 1. The van der Waals surface area contributed by atoms with Gasteiger partial charge in [0.2, 0.25) is 5.79 Å². The van der Waals surface area contributed by atoms with E-state index >= 15 is 0 Å². The molecule has 0 spiro atoms. The molecule has 6 unspecified atom stereocenters. The summed E-state index contributed by atoms with van der Waals surface area (Å²) >= 11 is 0. The number of allylic oxidation sites excluding steroid dienone is 1. The fourth-order valence-corrected chi connectivity index (χ4v) is 7.00. The number of nitrogens with zero attached hydrogens (tertiary/aromatic N) is 2. The largest absolute Gasteiger partial charge is 0.508 e. The van der Waals surface area contributed by atoms with Gasteiger partial charge in [-0.25, -0.2) is 4.79 Å². The molecule has 1 aromatic carbocycles. The Morgan fingerprint density at radius 1 is 1.17 bits per heavy atom. The lowest BCUT2D eigenvalue weighted by Gasteiger charge is -2.58. The number of aliphatic hydroxyl groups excluding tert-OH is 2. The molecule has 1 heterocycles. The van der Waals surface area contributed by atoms with Gasteiger partial charge in [-0.3, -0.25) is 0 Å². The molecule has 0 aromatic heterocycles. The molecule has 1 aliphatic heterocycles. The third-order valence-corrected chi connectivity index (χ3v) is 8.88. The van der Waals surface area contributed by atoms with Crippen LogP contribution < -0.4 is 10.1 Å². The number of benzene rings is 1. The zero-order valence-corrected chi connectivity index (χ0v) is 24.6. The lowest BCUT2D eigenvalue weighted by atomic mass is 9.55. The van der Waals surface area contributed by atoms with E-state index in [1.54, 1.807) is 25.2 Å². The number of phenolic OH excluding ortho intramolecular Hbond substituents is 1. The summed E-state index contributed by atoms with van der Waals surface area (Å²) in [6.45, 7) is 4.96. The van der Waals surface area contributed by atoms with E-state index in [0.717, 1.165) is 43.2 Å². The Kier molecular flexibility index (Phi) is 10.5. The van der Waals surface area contributed by atoms with E-state index in [1.807, 2.05) is 13.8 Å². The lowest BCUT2D eigenvalue weighted by Crippen LogP contribution is -2.69. The van der Waals surface area contributed by atoms with Crippen molar-refractivity contribution in [3.8, 4) is 11.5 Å². The zero-order chi connectivity index (χ0) is 29.6. The Labute approximate surface area is 243 Å². The minimum Gasteiger partial charge on any atom is -0.508 e. The van der Waals surface area contributed by atoms with Gasteiger partial charge in [-0.05, 0) is 74.6 Å². The van der Waals surface area contributed by atoms with E-state index in [4.69, 9.17) is 9.57 Å². The molecular weight excluding hydrogens is 526 g/mol. The van der Waals surface area contributed by atoms with E-state index in [2.05, 4.69) is 16.5 Å². The number of hydrogen-bond donors (Lipinski definition) is 5. The number of carbonyl (C=O) groups is 1. The molecule has 0 saturated heterocycles. The highest BCUT2D eigenvalue weighted by Crippen LogP contribution is 2.60. The van der Waals surface area contributed by atoms with Crippen molar-refractivity contribution in [2.24, 2.45) is 22.9 Å². The molecule has 1 aromatic rings. The molecule has 10 heteroatoms. The molecule has 0 radical (unpaired) electrons. The molecule has 0 bridgehead atoms. The van der Waals surface area contributed by atoms with Crippen LogP contribution in [0, 0.1) is 17.8 Å². The van der Waals surface area contributed by atoms with Crippen LogP contribution in [0.2, 0.25) is 0 Å². The SMILES string of the molecule is CCCNC(=O)N(C)C1CC(=NOCC)C2=CC(CCCCO)C(CCCCO)C3c4cc(O)ccc4OC1(O)C23. The van der Waals surface area contributed by atoms with Gasteiger partial charge in [0.25, 0.3) is 0 Å². The smallest absolute Gasteiger partial charge is 0.317 e. The summed E-state index contributed by atoms with van der Waals surface area (Å²) in [5.74, 6) is -1.77. The number of oxime groups is 1. The second-order valence-corrected chi connectivity index (χ2v) is 11.5. The first kappa shape index (κ1) is 31.1. The van der Waals surface area contributed by atoms with Gasteiger partial charge in [-0.1, -0.05) is 31.0 Å². The van der Waals surface area contributed by atoms with Crippen molar-refractivity contribution in [1.82, 2.24) is 10.2 Å². The van der Waals surface area contributed by atoms with Gasteiger partial charge < -0.3 is 40.2 Å². The maximum absolute atomic E-state index is 13.2. The maximum atomic E-state index is 13.2. The van der Waals surface area contributed by atoms with E-state index in [1.165, 1.54) is 4.90 Å². The summed E-state index contributed by atoms with van der Waals surface area (Å²) in [6, 6.07) is 3.92. The van der Waals surface area contributed by atoms with Gasteiger partial charge in [0, 0.05) is 44.7 Å². The topological polar surface area (TPSA) is 144 Å². The van der Waals surface area contributed by atoms with Gasteiger partial charge in [0.1, 0.15) is 24.1 Å². The van der Waals surface area contributed by atoms with Crippen LogP contribution in [0.25, 0.3) is 0 Å². The van der Waals surface area contributed by atoms with Crippen molar-refractivity contribution in [3.63, 3.8) is 0 Å². The summed E-state index contributed by atoms with van der Waals surface area (Å²) in [5.41, 5.74) is 2.35. The van der Waals surface area contributed by atoms with Gasteiger partial charge >= 0.3 is 6.03 Å². The Balaban J connectivity index is 1.89. The molecule has 41 heavy (non-hydrogen) atoms. The standard InChI is InChI=1S/C31H47N3O7/c1-4-14-32-30(38)34(3)27-19-25(33-40-5-2)23-17-20(10-6-8-15-35)22(11-7-9-16-36)28-24-18-21(37)12-13-26(24)41-31(27,39)29(23)28/h12-13,17-18,20,22,27-29,35-37,39H,4-11,14-16,19H2,1-3H3,(H,32,38). The zero-order valence-electron chi connectivity index (χ0n) is 24.6. The molecule has 228 valence electrons. The monoisotopic (exact) mass is 573 g/mol. The number of aliphatic hydroxyl groups is 3. The third-order valence-electron chi connectivity index (χ3n) is 8.88. The van der Waals surface area contributed by atoms with Crippen LogP contribution in [0.15, 0.2) is 35.0 Å². The summed E-state index contributed by atoms with van der Waals surface area (Å²) in [7, 11) is 1.67. The number of fused-ring (bicyclic) bond motifs is 2. The van der Waals surface area contributed by atoms with Crippen LogP contribution in [0.5, 0.6) is 11.5 Å². The molecule has 1 fully saturated rings. The first-order valence-corrected chi connectivity index (χ1v) is 15.2. The van der Waals surface area contributed by atoms with Crippen LogP contribution in [0.1, 0.15) is 76.7 Å². The Hall–Kier alpha value is -2.82. The van der Waals surface area contributed by atoms with Gasteiger partial charge in [0.05, 0.1) is 11.6 Å². The fourth-order valence-electron chi connectivity index (χ4n) is 7.00. The molecule has 5 N–H and O–H groups in total. The third kappa shape index (κ3) is 6.34. The normalized spacial score (nSPS) is 29.2. The van der Waals surface area contributed by atoms with Crippen molar-refractivity contribution in [2.75, 3.05) is 33.4 Å². The van der Waals surface area contributed by atoms with Gasteiger partial charge in [-0.15, -0.1) is 0 Å². The summed E-state index contributed by atoms with van der Waals surface area (Å²) in [5, 5.41) is 49.6. The number of amides is 2. The quantitative estimate of drug-likeness (QED) is 0.178. The molecule has 4 rings (SSSR count). The summed E-state index contributed by atoms with van der Waals surface area (Å²) in [6.07, 6.45) is 7.88. The maximum Gasteiger partial charge on any atom is 0.317 e. The van der Waals surface area contributed by atoms with Crippen LogP contribution in [0.4, 0.5) is 4.79 Å². The molecule has 6 atom stereocenters. The molecular formula is C31H47N3O7. The Morgan fingerprint density at radius 2 is 1.90 bits per heavy atom. The first-order valence-electron chi connectivity index (χ1n) is 15.2. The predicted octanol–water partition coefficient (Wildman–Crippen LogP) is 3.89. The Morgan fingerprint density at radius 3 is 2.59 bits per heavy atom. The number of aromatic hydroxyl groups is 1. The second kappa shape index (κ2) is 13.9. The van der Waals surface area contributed by atoms with E-state index in [9.17, 15) is 25.2 Å². The van der Waals surface area contributed by atoms with Crippen LogP contribution in [0.3, 0.4) is 0 Å². The van der Waals surface area contributed by atoms with E-state index < -0.39 is 17.7 Å². The summed E-state index contributed by atoms with van der Waals surface area (Å²) < 4.78 is 6.48. The molecule has 2 amide bonds. The highest BCUT2D eigenvalue weighted by molar-refractivity contribution is 6.02. The number of likely N-dealkylation sites (N-methyl/N-ethyl adjacent to an activating group) is 1. The average Bonchev–Trinajstić information content (AvgIpc) is 2.96. The second-order valence-electron chi connectivity index (χ2n) is 11.5. The number of nitrogens with one attached hydrogen (secondary N) is 1. The van der Waals surface area contributed by atoms with Crippen molar-refractivity contribution < 1.29 is 34.8 Å².